The van der Waals surface area contributed by atoms with Gasteiger partial charge in [-0.1, -0.05) is 62.9 Å². The summed E-state index contributed by atoms with van der Waals surface area (Å²) in [5.74, 6) is 1.51. The van der Waals surface area contributed by atoms with Crippen LogP contribution in [0.2, 0.25) is 0 Å². The smallest absolute Gasteiger partial charge is 0.242 e. The van der Waals surface area contributed by atoms with Gasteiger partial charge < -0.3 is 5.32 Å². The summed E-state index contributed by atoms with van der Waals surface area (Å²) >= 11 is 0. The number of hydrogen-bond acceptors (Lipinski definition) is 2. The maximum Gasteiger partial charge on any atom is 0.242 e. The number of carbonyl (C=O) groups is 1. The Morgan fingerprint density at radius 3 is 2.24 bits per heavy atom. The first-order chi connectivity index (χ1) is 12.0. The number of nitrogens with zero attached hydrogens (tertiary/aromatic N) is 1. The van der Waals surface area contributed by atoms with E-state index in [1.807, 2.05) is 0 Å². The molecule has 1 saturated carbocycles. The van der Waals surface area contributed by atoms with Crippen LogP contribution in [0.3, 0.4) is 0 Å². The van der Waals surface area contributed by atoms with E-state index in [1.165, 1.54) is 31.2 Å². The van der Waals surface area contributed by atoms with Gasteiger partial charge in [-0.15, -0.1) is 0 Å². The first-order valence-electron chi connectivity index (χ1n) is 10.1. The highest BCUT2D eigenvalue weighted by atomic mass is 16.2. The highest BCUT2D eigenvalue weighted by Crippen LogP contribution is 2.30. The maximum absolute atomic E-state index is 13.3. The molecular weight excluding hydrogens is 308 g/mol. The van der Waals surface area contributed by atoms with E-state index in [4.69, 9.17) is 0 Å². The van der Waals surface area contributed by atoms with Gasteiger partial charge >= 0.3 is 0 Å². The second-order valence-corrected chi connectivity index (χ2v) is 8.56. The van der Waals surface area contributed by atoms with Crippen LogP contribution in [0.15, 0.2) is 24.3 Å². The first kappa shape index (κ1) is 18.4. The first-order valence-corrected chi connectivity index (χ1v) is 10.1. The van der Waals surface area contributed by atoms with Crippen LogP contribution in [-0.4, -0.2) is 29.9 Å². The average molecular weight is 343 g/mol. The molecule has 3 rings (SSSR count). The number of piperidine rings is 1. The molecule has 0 aromatic heterocycles. The van der Waals surface area contributed by atoms with Crippen molar-refractivity contribution in [3.05, 3.63) is 35.4 Å². The zero-order chi connectivity index (χ0) is 17.8. The largest absolute Gasteiger partial charge is 0.352 e. The number of amides is 1. The lowest BCUT2D eigenvalue weighted by Crippen LogP contribution is -2.49. The maximum atomic E-state index is 13.3. The zero-order valence-corrected chi connectivity index (χ0v) is 16.1. The number of benzene rings is 1. The predicted octanol–water partition coefficient (Wildman–Crippen LogP) is 4.46. The van der Waals surface area contributed by atoms with Crippen LogP contribution in [0, 0.1) is 18.8 Å². The molecule has 1 aromatic rings. The van der Waals surface area contributed by atoms with Crippen molar-refractivity contribution in [2.24, 2.45) is 11.8 Å². The minimum absolute atomic E-state index is 0.146. The van der Waals surface area contributed by atoms with Crippen LogP contribution in [-0.2, 0) is 4.79 Å². The number of rotatable bonds is 4. The molecule has 1 aliphatic carbocycles. The Kier molecular flexibility index (Phi) is 6.16. The third kappa shape index (κ3) is 4.84. The third-order valence-electron chi connectivity index (χ3n) is 5.86. The van der Waals surface area contributed by atoms with Crippen molar-refractivity contribution in [1.82, 2.24) is 10.2 Å². The molecule has 1 heterocycles. The van der Waals surface area contributed by atoms with Crippen molar-refractivity contribution >= 4 is 5.91 Å². The van der Waals surface area contributed by atoms with Crippen molar-refractivity contribution in [2.75, 3.05) is 13.1 Å². The van der Waals surface area contributed by atoms with Crippen LogP contribution in [0.1, 0.15) is 69.5 Å². The molecule has 0 radical (unpaired) electrons. The lowest BCUT2D eigenvalue weighted by Gasteiger charge is -2.40. The molecule has 2 aliphatic rings. The molecule has 0 spiro atoms. The summed E-state index contributed by atoms with van der Waals surface area (Å²) < 4.78 is 0. The molecule has 3 unspecified atom stereocenters. The fourth-order valence-corrected chi connectivity index (χ4v) is 4.73. The highest BCUT2D eigenvalue weighted by molar-refractivity contribution is 5.83. The molecule has 25 heavy (non-hydrogen) atoms. The van der Waals surface area contributed by atoms with Crippen molar-refractivity contribution < 1.29 is 4.79 Å². The van der Waals surface area contributed by atoms with E-state index < -0.39 is 0 Å². The summed E-state index contributed by atoms with van der Waals surface area (Å²) in [6, 6.07) is 8.77. The van der Waals surface area contributed by atoms with Gasteiger partial charge in [0.05, 0.1) is 0 Å². The van der Waals surface area contributed by atoms with Gasteiger partial charge in [-0.05, 0) is 43.6 Å². The van der Waals surface area contributed by atoms with Crippen molar-refractivity contribution in [2.45, 2.75) is 71.4 Å². The molecule has 1 N–H and O–H groups in total. The molecule has 1 amide bonds. The van der Waals surface area contributed by atoms with Gasteiger partial charge in [-0.25, -0.2) is 0 Å². The molecule has 0 bridgehead atoms. The SMILES string of the molecule is Cc1ccc(C(C(=O)NC2CCCCC2)N2CC(C)CC(C)C2)cc1. The van der Waals surface area contributed by atoms with Crippen molar-refractivity contribution in [3.8, 4) is 0 Å². The Labute approximate surface area is 153 Å². The van der Waals surface area contributed by atoms with Gasteiger partial charge in [0, 0.05) is 19.1 Å². The number of likely N-dealkylation sites (tertiary alicyclic amines) is 1. The molecule has 1 aliphatic heterocycles. The van der Waals surface area contributed by atoms with Crippen LogP contribution in [0.4, 0.5) is 0 Å². The van der Waals surface area contributed by atoms with Gasteiger partial charge in [0.1, 0.15) is 6.04 Å². The van der Waals surface area contributed by atoms with Gasteiger partial charge in [-0.3, -0.25) is 9.69 Å². The molecule has 2 fully saturated rings. The van der Waals surface area contributed by atoms with Crippen LogP contribution in [0.25, 0.3) is 0 Å². The number of nitrogens with one attached hydrogen (secondary N) is 1. The minimum Gasteiger partial charge on any atom is -0.352 e. The van der Waals surface area contributed by atoms with Crippen LogP contribution < -0.4 is 5.32 Å². The van der Waals surface area contributed by atoms with Crippen molar-refractivity contribution in [1.29, 1.82) is 0 Å². The molecule has 1 saturated heterocycles. The zero-order valence-electron chi connectivity index (χ0n) is 16.1. The van der Waals surface area contributed by atoms with E-state index in [1.54, 1.807) is 0 Å². The molecule has 3 nitrogen and oxygen atoms in total. The topological polar surface area (TPSA) is 32.3 Å². The van der Waals surface area contributed by atoms with E-state index in [0.29, 0.717) is 17.9 Å². The summed E-state index contributed by atoms with van der Waals surface area (Å²) in [7, 11) is 0. The van der Waals surface area contributed by atoms with Crippen LogP contribution in [0.5, 0.6) is 0 Å². The Morgan fingerprint density at radius 1 is 1.04 bits per heavy atom. The fourth-order valence-electron chi connectivity index (χ4n) is 4.73. The molecule has 3 heteroatoms. The van der Waals surface area contributed by atoms with Gasteiger partial charge in [-0.2, -0.15) is 0 Å². The molecule has 1 aromatic carbocycles. The van der Waals surface area contributed by atoms with Crippen molar-refractivity contribution in [3.63, 3.8) is 0 Å². The van der Waals surface area contributed by atoms with Gasteiger partial charge in [0.25, 0.3) is 0 Å². The fraction of sp³-hybridized carbons (Fsp3) is 0.682. The highest BCUT2D eigenvalue weighted by Gasteiger charge is 2.33. The standard InChI is InChI=1S/C22H34N2O/c1-16-9-11-19(12-10-16)21(24-14-17(2)13-18(3)15-24)22(25)23-20-7-5-4-6-8-20/h9-12,17-18,20-21H,4-8,13-15H2,1-3H3,(H,23,25). The summed E-state index contributed by atoms with van der Waals surface area (Å²) in [6.07, 6.45) is 7.35. The molecule has 138 valence electrons. The average Bonchev–Trinajstić information content (AvgIpc) is 2.57. The second-order valence-electron chi connectivity index (χ2n) is 8.56. The third-order valence-corrected chi connectivity index (χ3v) is 5.86. The van der Waals surface area contributed by atoms with Gasteiger partial charge in [0.15, 0.2) is 0 Å². The quantitative estimate of drug-likeness (QED) is 0.876. The summed E-state index contributed by atoms with van der Waals surface area (Å²) in [6.45, 7) is 8.76. The number of aryl methyl sites for hydroxylation is 1. The van der Waals surface area contributed by atoms with Gasteiger partial charge in [0.2, 0.25) is 5.91 Å². The Bertz CT molecular complexity index is 552. The summed E-state index contributed by atoms with van der Waals surface area (Å²) in [4.78, 5) is 15.7. The second kappa shape index (κ2) is 8.35. The Balaban J connectivity index is 1.80. The normalized spacial score (nSPS) is 27.0. The van der Waals surface area contributed by atoms with E-state index in [-0.39, 0.29) is 11.9 Å². The monoisotopic (exact) mass is 342 g/mol. The Morgan fingerprint density at radius 2 is 1.64 bits per heavy atom. The lowest BCUT2D eigenvalue weighted by atomic mass is 9.89. The van der Waals surface area contributed by atoms with E-state index in [9.17, 15) is 4.79 Å². The summed E-state index contributed by atoms with van der Waals surface area (Å²) in [5.41, 5.74) is 2.38. The Hall–Kier alpha value is -1.35. The lowest BCUT2D eigenvalue weighted by molar-refractivity contribution is -0.128. The molecular formula is C22H34N2O. The van der Waals surface area contributed by atoms with E-state index in [0.717, 1.165) is 31.5 Å². The minimum atomic E-state index is -0.146. The van der Waals surface area contributed by atoms with Crippen LogP contribution >= 0.6 is 0 Å². The molecule has 3 atom stereocenters. The van der Waals surface area contributed by atoms with E-state index >= 15 is 0 Å². The van der Waals surface area contributed by atoms with E-state index in [2.05, 4.69) is 55.3 Å². The number of carbonyl (C=O) groups excluding carboxylic acids is 1. The number of hydrogen-bond donors (Lipinski definition) is 1. The predicted molar refractivity (Wildman–Crippen MR) is 103 cm³/mol. The summed E-state index contributed by atoms with van der Waals surface area (Å²) in [5, 5.41) is 3.38.